The first-order valence-corrected chi connectivity index (χ1v) is 8.70. The van der Waals surface area contributed by atoms with Crippen LogP contribution < -0.4 is 20.3 Å². The van der Waals surface area contributed by atoms with Crippen LogP contribution in [-0.2, 0) is 0 Å². The fraction of sp³-hybridized carbons (Fsp3) is 0.0870. The highest BCUT2D eigenvalue weighted by atomic mass is 16.5. The van der Waals surface area contributed by atoms with Crippen molar-refractivity contribution < 1.29 is 9.47 Å². The van der Waals surface area contributed by atoms with Crippen LogP contribution in [0.1, 0.15) is 11.1 Å². The standard InChI is InChI=1S/C23H21N3O2/c1-27-22-13-8-17(15-23(22)28-2)14-19(16-24)18-9-11-21(12-10-18)26(25)20-6-4-3-5-7-20/h3-15H,25H2,1-2H3. The Morgan fingerprint density at radius 2 is 1.54 bits per heavy atom. The van der Waals surface area contributed by atoms with E-state index in [2.05, 4.69) is 6.07 Å². The minimum absolute atomic E-state index is 0.544. The predicted octanol–water partition coefficient (Wildman–Crippen LogP) is 4.78. The van der Waals surface area contributed by atoms with Gasteiger partial charge in [-0.2, -0.15) is 5.26 Å². The van der Waals surface area contributed by atoms with Gasteiger partial charge in [0.25, 0.3) is 0 Å². The molecule has 0 aliphatic heterocycles. The van der Waals surface area contributed by atoms with Crippen molar-refractivity contribution in [2.24, 2.45) is 5.84 Å². The summed E-state index contributed by atoms with van der Waals surface area (Å²) < 4.78 is 10.6. The molecular formula is C23H21N3O2. The number of hydrazine groups is 1. The Morgan fingerprint density at radius 3 is 2.14 bits per heavy atom. The van der Waals surface area contributed by atoms with Crippen molar-refractivity contribution in [2.75, 3.05) is 19.2 Å². The molecule has 3 aromatic rings. The largest absolute Gasteiger partial charge is 0.493 e. The third-order valence-electron chi connectivity index (χ3n) is 4.33. The van der Waals surface area contributed by atoms with Crippen molar-refractivity contribution in [1.82, 2.24) is 0 Å². The highest BCUT2D eigenvalue weighted by Crippen LogP contribution is 2.30. The molecule has 28 heavy (non-hydrogen) atoms. The minimum Gasteiger partial charge on any atom is -0.493 e. The number of para-hydroxylation sites is 1. The molecule has 2 N–H and O–H groups in total. The number of hydrogen-bond acceptors (Lipinski definition) is 5. The van der Waals surface area contributed by atoms with E-state index in [9.17, 15) is 5.26 Å². The molecule has 0 heterocycles. The van der Waals surface area contributed by atoms with Crippen LogP contribution in [0.2, 0.25) is 0 Å². The third kappa shape index (κ3) is 4.14. The zero-order valence-corrected chi connectivity index (χ0v) is 15.8. The second-order valence-electron chi connectivity index (χ2n) is 6.04. The quantitative estimate of drug-likeness (QED) is 0.292. The summed E-state index contributed by atoms with van der Waals surface area (Å²) in [4.78, 5) is 0. The number of allylic oxidation sites excluding steroid dienone is 1. The fourth-order valence-corrected chi connectivity index (χ4v) is 2.83. The summed E-state index contributed by atoms with van der Waals surface area (Å²) in [6.45, 7) is 0. The van der Waals surface area contributed by atoms with Gasteiger partial charge in [0.05, 0.1) is 37.2 Å². The van der Waals surface area contributed by atoms with Crippen molar-refractivity contribution in [3.8, 4) is 17.6 Å². The highest BCUT2D eigenvalue weighted by Gasteiger charge is 2.08. The zero-order valence-electron chi connectivity index (χ0n) is 15.8. The molecule has 5 nitrogen and oxygen atoms in total. The summed E-state index contributed by atoms with van der Waals surface area (Å²) in [5, 5.41) is 11.2. The number of benzene rings is 3. The van der Waals surface area contributed by atoms with E-state index in [0.29, 0.717) is 17.1 Å². The molecule has 3 rings (SSSR count). The Kier molecular flexibility index (Phi) is 5.95. The molecule has 0 radical (unpaired) electrons. The lowest BCUT2D eigenvalue weighted by Gasteiger charge is -2.18. The van der Waals surface area contributed by atoms with Crippen molar-refractivity contribution in [2.45, 2.75) is 0 Å². The first kappa shape index (κ1) is 19.0. The van der Waals surface area contributed by atoms with E-state index >= 15 is 0 Å². The van der Waals surface area contributed by atoms with E-state index < -0.39 is 0 Å². The Morgan fingerprint density at radius 1 is 0.893 bits per heavy atom. The number of nitrogens with zero attached hydrogens (tertiary/aromatic N) is 2. The molecule has 5 heteroatoms. The van der Waals surface area contributed by atoms with Gasteiger partial charge in [0, 0.05) is 0 Å². The average Bonchev–Trinajstić information content (AvgIpc) is 2.77. The molecule has 0 spiro atoms. The molecule has 3 aromatic carbocycles. The van der Waals surface area contributed by atoms with Crippen LogP contribution in [-0.4, -0.2) is 14.2 Å². The molecular weight excluding hydrogens is 350 g/mol. The van der Waals surface area contributed by atoms with Crippen LogP contribution in [0.3, 0.4) is 0 Å². The van der Waals surface area contributed by atoms with Gasteiger partial charge < -0.3 is 9.47 Å². The Balaban J connectivity index is 1.87. The normalized spacial score (nSPS) is 10.9. The van der Waals surface area contributed by atoms with E-state index in [1.54, 1.807) is 19.2 Å². The number of hydrogen-bond donors (Lipinski definition) is 1. The van der Waals surface area contributed by atoms with Crippen LogP contribution >= 0.6 is 0 Å². The monoisotopic (exact) mass is 371 g/mol. The van der Waals surface area contributed by atoms with Gasteiger partial charge in [-0.1, -0.05) is 36.4 Å². The van der Waals surface area contributed by atoms with Gasteiger partial charge in [0.2, 0.25) is 0 Å². The van der Waals surface area contributed by atoms with Crippen LogP contribution in [0.15, 0.2) is 72.8 Å². The average molecular weight is 371 g/mol. The number of anilines is 2. The van der Waals surface area contributed by atoms with E-state index in [1.165, 1.54) is 0 Å². The third-order valence-corrected chi connectivity index (χ3v) is 4.33. The lowest BCUT2D eigenvalue weighted by molar-refractivity contribution is 0.355. The van der Waals surface area contributed by atoms with Gasteiger partial charge in [0.1, 0.15) is 0 Å². The summed E-state index contributed by atoms with van der Waals surface area (Å²) in [6, 6.07) is 25.0. The summed E-state index contributed by atoms with van der Waals surface area (Å²) in [7, 11) is 3.17. The van der Waals surface area contributed by atoms with E-state index in [0.717, 1.165) is 22.5 Å². The SMILES string of the molecule is COc1ccc(C=C(C#N)c2ccc(N(N)c3ccccc3)cc2)cc1OC. The molecule has 0 amide bonds. The lowest BCUT2D eigenvalue weighted by Crippen LogP contribution is -2.24. The Hall–Kier alpha value is -3.75. The van der Waals surface area contributed by atoms with E-state index in [-0.39, 0.29) is 0 Å². The molecule has 0 fully saturated rings. The van der Waals surface area contributed by atoms with Crippen molar-refractivity contribution in [3.63, 3.8) is 0 Å². The Bertz CT molecular complexity index is 1010. The summed E-state index contributed by atoms with van der Waals surface area (Å²) in [5.74, 6) is 7.45. The van der Waals surface area contributed by atoms with Gasteiger partial charge in [-0.15, -0.1) is 0 Å². The fourth-order valence-electron chi connectivity index (χ4n) is 2.83. The summed E-state index contributed by atoms with van der Waals surface area (Å²) >= 11 is 0. The van der Waals surface area contributed by atoms with Gasteiger partial charge in [0.15, 0.2) is 11.5 Å². The van der Waals surface area contributed by atoms with E-state index in [4.69, 9.17) is 15.3 Å². The Labute approximate surface area is 164 Å². The minimum atomic E-state index is 0.544. The van der Waals surface area contributed by atoms with Crippen LogP contribution in [0.5, 0.6) is 11.5 Å². The molecule has 0 saturated carbocycles. The van der Waals surface area contributed by atoms with Crippen LogP contribution in [0.4, 0.5) is 11.4 Å². The second kappa shape index (κ2) is 8.76. The maximum absolute atomic E-state index is 9.62. The highest BCUT2D eigenvalue weighted by molar-refractivity contribution is 5.90. The second-order valence-corrected chi connectivity index (χ2v) is 6.04. The first-order valence-electron chi connectivity index (χ1n) is 8.70. The molecule has 0 aliphatic carbocycles. The topological polar surface area (TPSA) is 71.5 Å². The number of ether oxygens (including phenoxy) is 2. The van der Waals surface area contributed by atoms with Crippen molar-refractivity contribution in [1.29, 1.82) is 5.26 Å². The smallest absolute Gasteiger partial charge is 0.161 e. The molecule has 0 aliphatic rings. The van der Waals surface area contributed by atoms with Gasteiger partial charge >= 0.3 is 0 Å². The number of methoxy groups -OCH3 is 2. The summed E-state index contributed by atoms with van der Waals surface area (Å²) in [5.41, 5.74) is 3.92. The number of nitriles is 1. The number of rotatable bonds is 6. The van der Waals surface area contributed by atoms with Crippen molar-refractivity contribution in [3.05, 3.63) is 83.9 Å². The molecule has 0 aromatic heterocycles. The van der Waals surface area contributed by atoms with Gasteiger partial charge in [-0.25, -0.2) is 5.84 Å². The molecule has 0 bridgehead atoms. The molecule has 0 unspecified atom stereocenters. The molecule has 140 valence electrons. The maximum atomic E-state index is 9.62. The van der Waals surface area contributed by atoms with E-state index in [1.807, 2.05) is 78.9 Å². The van der Waals surface area contributed by atoms with Crippen LogP contribution in [0, 0.1) is 11.3 Å². The summed E-state index contributed by atoms with van der Waals surface area (Å²) in [6.07, 6.45) is 1.81. The first-order chi connectivity index (χ1) is 13.7. The van der Waals surface area contributed by atoms with Crippen molar-refractivity contribution >= 4 is 23.0 Å². The van der Waals surface area contributed by atoms with Gasteiger partial charge in [-0.3, -0.25) is 5.01 Å². The number of nitrogens with two attached hydrogens (primary N) is 1. The maximum Gasteiger partial charge on any atom is 0.161 e. The zero-order chi connectivity index (χ0) is 19.9. The van der Waals surface area contributed by atoms with Crippen LogP contribution in [0.25, 0.3) is 11.6 Å². The lowest BCUT2D eigenvalue weighted by atomic mass is 10.0. The predicted molar refractivity (Wildman–Crippen MR) is 112 cm³/mol. The molecule has 0 atom stereocenters. The molecule has 0 saturated heterocycles. The van der Waals surface area contributed by atoms with Gasteiger partial charge in [-0.05, 0) is 53.6 Å².